The highest BCUT2D eigenvalue weighted by molar-refractivity contribution is 9.10. The minimum Gasteiger partial charge on any atom is -0.323 e. The van der Waals surface area contributed by atoms with Crippen molar-refractivity contribution in [1.29, 1.82) is 5.26 Å². The van der Waals surface area contributed by atoms with E-state index in [0.29, 0.717) is 4.47 Å². The Morgan fingerprint density at radius 3 is 3.08 bits per heavy atom. The lowest BCUT2D eigenvalue weighted by atomic mass is 10.1. The Labute approximate surface area is 83.5 Å². The summed E-state index contributed by atoms with van der Waals surface area (Å²) in [7, 11) is 0. The molecule has 0 aliphatic rings. The molecule has 3 nitrogen and oxygen atoms in total. The Hall–Kier alpha value is -0.990. The van der Waals surface area contributed by atoms with Crippen molar-refractivity contribution in [2.24, 2.45) is 5.73 Å². The summed E-state index contributed by atoms with van der Waals surface area (Å²) in [5.74, 6) is -0.619. The van der Waals surface area contributed by atoms with Gasteiger partial charge in [0.25, 0.3) is 0 Å². The van der Waals surface area contributed by atoms with E-state index in [9.17, 15) is 4.39 Å². The van der Waals surface area contributed by atoms with Crippen LogP contribution in [0.3, 0.4) is 0 Å². The summed E-state index contributed by atoms with van der Waals surface area (Å²) in [6.45, 7) is 0. The van der Waals surface area contributed by atoms with Gasteiger partial charge in [-0.05, 0) is 22.0 Å². The average molecular weight is 244 g/mol. The molecule has 1 aromatic rings. The molecule has 1 aromatic heterocycles. The van der Waals surface area contributed by atoms with E-state index in [0.717, 1.165) is 0 Å². The van der Waals surface area contributed by atoms with Gasteiger partial charge in [0.2, 0.25) is 5.95 Å². The lowest BCUT2D eigenvalue weighted by Gasteiger charge is -2.08. The minimum absolute atomic E-state index is 0.0784. The topological polar surface area (TPSA) is 62.7 Å². The van der Waals surface area contributed by atoms with Crippen LogP contribution in [0.25, 0.3) is 0 Å². The zero-order chi connectivity index (χ0) is 9.84. The van der Waals surface area contributed by atoms with Crippen molar-refractivity contribution in [3.8, 4) is 6.07 Å². The van der Waals surface area contributed by atoms with Crippen LogP contribution in [-0.4, -0.2) is 4.98 Å². The molecule has 0 saturated heterocycles. The third kappa shape index (κ3) is 2.47. The Kier molecular flexibility index (Phi) is 3.34. The first-order chi connectivity index (χ1) is 6.15. The van der Waals surface area contributed by atoms with E-state index in [2.05, 4.69) is 20.9 Å². The van der Waals surface area contributed by atoms with Crippen molar-refractivity contribution >= 4 is 15.9 Å². The predicted octanol–water partition coefficient (Wildman–Crippen LogP) is 1.90. The van der Waals surface area contributed by atoms with Crippen molar-refractivity contribution in [2.75, 3.05) is 0 Å². The second-order valence-corrected chi connectivity index (χ2v) is 3.42. The molecule has 0 aliphatic carbocycles. The largest absolute Gasteiger partial charge is 0.323 e. The van der Waals surface area contributed by atoms with Crippen molar-refractivity contribution in [1.82, 2.24) is 4.98 Å². The fourth-order valence-electron chi connectivity index (χ4n) is 0.907. The second kappa shape index (κ2) is 4.30. The van der Waals surface area contributed by atoms with Gasteiger partial charge in [0, 0.05) is 22.3 Å². The van der Waals surface area contributed by atoms with E-state index < -0.39 is 12.0 Å². The van der Waals surface area contributed by atoms with Crippen LogP contribution in [-0.2, 0) is 0 Å². The summed E-state index contributed by atoms with van der Waals surface area (Å²) >= 11 is 3.15. The molecule has 68 valence electrons. The van der Waals surface area contributed by atoms with Crippen molar-refractivity contribution < 1.29 is 4.39 Å². The number of nitrogens with two attached hydrogens (primary N) is 1. The highest BCUT2D eigenvalue weighted by atomic mass is 79.9. The number of nitrogens with zero attached hydrogens (tertiary/aromatic N) is 2. The maximum atomic E-state index is 13.0. The van der Waals surface area contributed by atoms with E-state index >= 15 is 0 Å². The van der Waals surface area contributed by atoms with Crippen LogP contribution in [0.15, 0.2) is 16.7 Å². The fourth-order valence-corrected chi connectivity index (χ4v) is 1.26. The molecule has 5 heteroatoms. The Bertz CT molecular complexity index is 348. The van der Waals surface area contributed by atoms with Gasteiger partial charge in [-0.1, -0.05) is 0 Å². The smallest absolute Gasteiger partial charge is 0.217 e. The summed E-state index contributed by atoms with van der Waals surface area (Å²) in [4.78, 5) is 3.48. The van der Waals surface area contributed by atoms with Crippen LogP contribution in [0.1, 0.15) is 18.0 Å². The van der Waals surface area contributed by atoms with Crippen molar-refractivity contribution in [3.05, 3.63) is 28.2 Å². The van der Waals surface area contributed by atoms with Gasteiger partial charge in [-0.2, -0.15) is 9.65 Å². The number of aromatic nitrogens is 1. The number of pyridine rings is 1. The molecule has 0 radical (unpaired) electrons. The summed E-state index contributed by atoms with van der Waals surface area (Å²) in [5.41, 5.74) is 5.81. The van der Waals surface area contributed by atoms with E-state index in [1.165, 1.54) is 12.3 Å². The van der Waals surface area contributed by atoms with E-state index in [4.69, 9.17) is 11.0 Å². The molecular weight excluding hydrogens is 237 g/mol. The normalized spacial score (nSPS) is 12.2. The van der Waals surface area contributed by atoms with Crippen molar-refractivity contribution in [3.63, 3.8) is 0 Å². The second-order valence-electron chi connectivity index (χ2n) is 2.50. The van der Waals surface area contributed by atoms with Gasteiger partial charge in [0.1, 0.15) is 0 Å². The maximum absolute atomic E-state index is 13.0. The van der Waals surface area contributed by atoms with Crippen LogP contribution in [0.2, 0.25) is 0 Å². The first-order valence-electron chi connectivity index (χ1n) is 3.58. The molecule has 2 N–H and O–H groups in total. The molecule has 1 rings (SSSR count). The van der Waals surface area contributed by atoms with Crippen LogP contribution in [0, 0.1) is 17.3 Å². The lowest BCUT2D eigenvalue weighted by molar-refractivity contribution is 0.546. The highest BCUT2D eigenvalue weighted by Crippen LogP contribution is 2.19. The molecule has 1 heterocycles. The number of rotatable bonds is 2. The molecule has 13 heavy (non-hydrogen) atoms. The third-order valence-corrected chi connectivity index (χ3v) is 1.98. The number of hydrogen-bond donors (Lipinski definition) is 1. The molecule has 0 bridgehead atoms. The van der Waals surface area contributed by atoms with Crippen LogP contribution in [0.5, 0.6) is 0 Å². The number of nitriles is 1. The van der Waals surface area contributed by atoms with E-state index in [1.807, 2.05) is 6.07 Å². The molecule has 1 atom stereocenters. The summed E-state index contributed by atoms with van der Waals surface area (Å²) < 4.78 is 13.7. The molecule has 0 saturated carbocycles. The van der Waals surface area contributed by atoms with Crippen LogP contribution < -0.4 is 5.73 Å². The Morgan fingerprint density at radius 2 is 2.46 bits per heavy atom. The van der Waals surface area contributed by atoms with E-state index in [-0.39, 0.29) is 12.0 Å². The monoisotopic (exact) mass is 243 g/mol. The zero-order valence-electron chi connectivity index (χ0n) is 6.67. The minimum atomic E-state index is -0.619. The summed E-state index contributed by atoms with van der Waals surface area (Å²) in [5, 5.41) is 8.37. The molecule has 0 fully saturated rings. The number of halogens is 2. The standard InChI is InChI=1S/C8H7BrFN3/c9-5-3-6(7(12)1-2-11)8(10)13-4-5/h3-4,7H,1,12H2/t7-/m1/s1. The molecular formula is C8H7BrFN3. The SMILES string of the molecule is N#CC[C@@H](N)c1cc(Br)cnc1F. The molecule has 0 aromatic carbocycles. The van der Waals surface area contributed by atoms with Gasteiger partial charge in [-0.25, -0.2) is 4.98 Å². The van der Waals surface area contributed by atoms with Gasteiger partial charge in [-0.15, -0.1) is 0 Å². The lowest BCUT2D eigenvalue weighted by Crippen LogP contribution is -2.12. The first-order valence-corrected chi connectivity index (χ1v) is 4.38. The number of hydrogen-bond acceptors (Lipinski definition) is 3. The third-order valence-electron chi connectivity index (χ3n) is 1.54. The van der Waals surface area contributed by atoms with Gasteiger partial charge < -0.3 is 5.73 Å². The predicted molar refractivity (Wildman–Crippen MR) is 49.1 cm³/mol. The summed E-state index contributed by atoms with van der Waals surface area (Å²) in [6, 6.07) is 2.79. The van der Waals surface area contributed by atoms with Crippen LogP contribution in [0.4, 0.5) is 4.39 Å². The first kappa shape index (κ1) is 10.1. The van der Waals surface area contributed by atoms with E-state index in [1.54, 1.807) is 0 Å². The fraction of sp³-hybridized carbons (Fsp3) is 0.250. The summed E-state index contributed by atoms with van der Waals surface area (Å²) in [6.07, 6.45) is 1.42. The van der Waals surface area contributed by atoms with Gasteiger partial charge >= 0.3 is 0 Å². The Balaban J connectivity index is 3.00. The Morgan fingerprint density at radius 1 is 1.77 bits per heavy atom. The highest BCUT2D eigenvalue weighted by Gasteiger charge is 2.12. The van der Waals surface area contributed by atoms with Crippen molar-refractivity contribution in [2.45, 2.75) is 12.5 Å². The molecule has 0 aliphatic heterocycles. The maximum Gasteiger partial charge on any atom is 0.217 e. The quantitative estimate of drug-likeness (QED) is 0.808. The molecule has 0 spiro atoms. The van der Waals surface area contributed by atoms with Gasteiger partial charge in [0.05, 0.1) is 12.5 Å². The average Bonchev–Trinajstić information content (AvgIpc) is 2.09. The molecule has 0 amide bonds. The van der Waals surface area contributed by atoms with Crippen LogP contribution >= 0.6 is 15.9 Å². The molecule has 0 unspecified atom stereocenters. The van der Waals surface area contributed by atoms with Gasteiger partial charge in [0.15, 0.2) is 0 Å². The zero-order valence-corrected chi connectivity index (χ0v) is 8.25. The van der Waals surface area contributed by atoms with Gasteiger partial charge in [-0.3, -0.25) is 0 Å².